The fourth-order valence-corrected chi connectivity index (χ4v) is 0.838. The van der Waals surface area contributed by atoms with E-state index in [0.717, 1.165) is 0 Å². The maximum atomic E-state index is 9.88. The van der Waals surface area contributed by atoms with Gasteiger partial charge in [0, 0.05) is 12.1 Å². The smallest absolute Gasteiger partial charge is 0.404 e. The van der Waals surface area contributed by atoms with Crippen LogP contribution in [0.3, 0.4) is 0 Å². The molecule has 1 amide bonds. The molecule has 0 aliphatic rings. The van der Waals surface area contributed by atoms with Crippen LogP contribution in [0.4, 0.5) is 4.79 Å². The van der Waals surface area contributed by atoms with Crippen LogP contribution in [-0.2, 0) is 0 Å². The molecule has 0 atom stereocenters. The van der Waals surface area contributed by atoms with Crippen molar-refractivity contribution in [2.24, 2.45) is 5.73 Å². The monoisotopic (exact) mass is 224 g/mol. The summed E-state index contributed by atoms with van der Waals surface area (Å²) in [6, 6.07) is 10.3. The largest absolute Gasteiger partial charge is 0.465 e. The Hall–Kier alpha value is -1.55. The normalized spacial score (nSPS) is 10.0. The Bertz CT molecular complexity index is 305. The first-order valence-electron chi connectivity index (χ1n) is 5.08. The molecule has 0 fully saturated rings. The minimum atomic E-state index is -1.03. The Morgan fingerprint density at radius 1 is 1.38 bits per heavy atom. The predicted molar refractivity (Wildman–Crippen MR) is 65.5 cm³/mol. The summed E-state index contributed by atoms with van der Waals surface area (Å²) in [6.45, 7) is 5.87. The number of nitrogens with one attached hydrogen (secondary N) is 1. The molecule has 4 N–H and O–H groups in total. The molecule has 1 aromatic rings. The van der Waals surface area contributed by atoms with Crippen molar-refractivity contribution in [3.63, 3.8) is 0 Å². The molecule has 0 unspecified atom stereocenters. The molecule has 0 heterocycles. The number of hydrogen-bond donors (Lipinski definition) is 3. The first kappa shape index (κ1) is 14.5. The van der Waals surface area contributed by atoms with Crippen molar-refractivity contribution >= 4 is 6.09 Å². The van der Waals surface area contributed by atoms with Crippen LogP contribution in [0, 0.1) is 6.92 Å². The lowest BCUT2D eigenvalue weighted by Crippen LogP contribution is -2.44. The van der Waals surface area contributed by atoms with Gasteiger partial charge in [-0.1, -0.05) is 35.9 Å². The summed E-state index contributed by atoms with van der Waals surface area (Å²) < 4.78 is 0. The molecular formula is C12H20N2O2. The molecule has 4 heteroatoms. The average molecular weight is 224 g/mol. The number of aryl methyl sites for hydroxylation is 1. The molecule has 0 saturated carbocycles. The molecule has 16 heavy (non-hydrogen) atoms. The summed E-state index contributed by atoms with van der Waals surface area (Å²) in [5, 5.41) is 10.3. The number of hydrogen-bond acceptors (Lipinski definition) is 2. The molecule has 0 saturated heterocycles. The van der Waals surface area contributed by atoms with E-state index < -0.39 is 11.6 Å². The van der Waals surface area contributed by atoms with Crippen molar-refractivity contribution in [3.05, 3.63) is 35.9 Å². The molecule has 0 radical (unpaired) electrons. The van der Waals surface area contributed by atoms with Gasteiger partial charge < -0.3 is 16.2 Å². The molecule has 1 rings (SSSR count). The zero-order valence-corrected chi connectivity index (χ0v) is 10.0. The van der Waals surface area contributed by atoms with Crippen LogP contribution in [-0.4, -0.2) is 23.3 Å². The summed E-state index contributed by atoms with van der Waals surface area (Å²) in [6.07, 6.45) is -1.03. The van der Waals surface area contributed by atoms with E-state index in [1.54, 1.807) is 13.8 Å². The first-order chi connectivity index (χ1) is 7.31. The van der Waals surface area contributed by atoms with E-state index in [9.17, 15) is 4.79 Å². The third-order valence-electron chi connectivity index (χ3n) is 1.64. The van der Waals surface area contributed by atoms with Gasteiger partial charge in [0.25, 0.3) is 0 Å². The number of carboxylic acid groups (broad SMARTS) is 1. The molecule has 0 aliphatic heterocycles. The lowest BCUT2D eigenvalue weighted by molar-refractivity contribution is 0.192. The van der Waals surface area contributed by atoms with Gasteiger partial charge in [-0.2, -0.15) is 0 Å². The van der Waals surface area contributed by atoms with Gasteiger partial charge in [0.2, 0.25) is 0 Å². The number of amides is 1. The van der Waals surface area contributed by atoms with E-state index in [1.807, 2.05) is 18.2 Å². The number of nitrogens with two attached hydrogens (primary N) is 1. The van der Waals surface area contributed by atoms with E-state index in [1.165, 1.54) is 5.56 Å². The summed E-state index contributed by atoms with van der Waals surface area (Å²) in [5.41, 5.74) is 6.32. The Balaban J connectivity index is 0.000000288. The maximum Gasteiger partial charge on any atom is 0.404 e. The van der Waals surface area contributed by atoms with Crippen molar-refractivity contribution in [1.29, 1.82) is 0 Å². The van der Waals surface area contributed by atoms with E-state index in [4.69, 9.17) is 10.8 Å². The molecule has 1 aromatic carbocycles. The van der Waals surface area contributed by atoms with Crippen molar-refractivity contribution in [3.8, 4) is 0 Å². The van der Waals surface area contributed by atoms with E-state index in [-0.39, 0.29) is 6.54 Å². The minimum Gasteiger partial charge on any atom is -0.465 e. The van der Waals surface area contributed by atoms with Gasteiger partial charge in [0.15, 0.2) is 0 Å². The third-order valence-corrected chi connectivity index (χ3v) is 1.64. The zero-order chi connectivity index (χ0) is 12.6. The van der Waals surface area contributed by atoms with Crippen molar-refractivity contribution in [2.75, 3.05) is 6.54 Å². The second kappa shape index (κ2) is 6.85. The molecular weight excluding hydrogens is 204 g/mol. The number of rotatable bonds is 2. The van der Waals surface area contributed by atoms with Gasteiger partial charge in [-0.15, -0.1) is 0 Å². The van der Waals surface area contributed by atoms with Crippen LogP contribution in [0.1, 0.15) is 19.4 Å². The molecule has 90 valence electrons. The van der Waals surface area contributed by atoms with Crippen LogP contribution >= 0.6 is 0 Å². The highest BCUT2D eigenvalue weighted by Crippen LogP contribution is 1.92. The Labute approximate surface area is 96.5 Å². The molecule has 0 aliphatic carbocycles. The SMILES string of the molecule is CC(C)(N)CNC(=O)O.Cc1ccccc1. The highest BCUT2D eigenvalue weighted by Gasteiger charge is 2.10. The number of carbonyl (C=O) groups is 1. The Morgan fingerprint density at radius 3 is 2.06 bits per heavy atom. The van der Waals surface area contributed by atoms with Crippen LogP contribution in [0.5, 0.6) is 0 Å². The Morgan fingerprint density at radius 2 is 1.88 bits per heavy atom. The second-order valence-corrected chi connectivity index (χ2v) is 4.30. The van der Waals surface area contributed by atoms with Crippen molar-refractivity contribution in [1.82, 2.24) is 5.32 Å². The molecule has 0 aromatic heterocycles. The molecule has 0 bridgehead atoms. The highest BCUT2D eigenvalue weighted by molar-refractivity contribution is 5.64. The summed E-state index contributed by atoms with van der Waals surface area (Å²) >= 11 is 0. The first-order valence-corrected chi connectivity index (χ1v) is 5.08. The van der Waals surface area contributed by atoms with E-state index in [2.05, 4.69) is 24.4 Å². The van der Waals surface area contributed by atoms with Crippen molar-refractivity contribution < 1.29 is 9.90 Å². The average Bonchev–Trinajstić information content (AvgIpc) is 2.16. The van der Waals surface area contributed by atoms with Crippen LogP contribution in [0.15, 0.2) is 30.3 Å². The molecule has 0 spiro atoms. The van der Waals surface area contributed by atoms with Gasteiger partial charge in [0.1, 0.15) is 0 Å². The lowest BCUT2D eigenvalue weighted by Gasteiger charge is -2.16. The van der Waals surface area contributed by atoms with E-state index in [0.29, 0.717) is 0 Å². The summed E-state index contributed by atoms with van der Waals surface area (Å²) in [4.78, 5) is 9.88. The third kappa shape index (κ3) is 10.5. The zero-order valence-electron chi connectivity index (χ0n) is 10.0. The fraction of sp³-hybridized carbons (Fsp3) is 0.417. The molecule has 4 nitrogen and oxygen atoms in total. The van der Waals surface area contributed by atoms with Gasteiger partial charge in [-0.05, 0) is 20.8 Å². The fourth-order valence-electron chi connectivity index (χ4n) is 0.838. The van der Waals surface area contributed by atoms with E-state index >= 15 is 0 Å². The topological polar surface area (TPSA) is 75.3 Å². The quantitative estimate of drug-likeness (QED) is 0.719. The van der Waals surface area contributed by atoms with Gasteiger partial charge in [-0.25, -0.2) is 4.79 Å². The van der Waals surface area contributed by atoms with Gasteiger partial charge >= 0.3 is 6.09 Å². The number of benzene rings is 1. The maximum absolute atomic E-state index is 9.88. The van der Waals surface area contributed by atoms with Crippen LogP contribution < -0.4 is 11.1 Å². The lowest BCUT2D eigenvalue weighted by atomic mass is 10.1. The Kier molecular flexibility index (Phi) is 6.18. The predicted octanol–water partition coefficient (Wildman–Crippen LogP) is 1.99. The van der Waals surface area contributed by atoms with Crippen LogP contribution in [0.2, 0.25) is 0 Å². The summed E-state index contributed by atoms with van der Waals surface area (Å²) in [5.74, 6) is 0. The standard InChI is InChI=1S/C7H8.C5H12N2O2/c1-7-5-3-2-4-6-7;1-5(2,6)3-7-4(8)9/h2-6H,1H3;7H,3,6H2,1-2H3,(H,8,9). The summed E-state index contributed by atoms with van der Waals surface area (Å²) in [7, 11) is 0. The highest BCUT2D eigenvalue weighted by atomic mass is 16.4. The second-order valence-electron chi connectivity index (χ2n) is 4.30. The minimum absolute atomic E-state index is 0.280. The van der Waals surface area contributed by atoms with Gasteiger partial charge in [0.05, 0.1) is 0 Å². The van der Waals surface area contributed by atoms with Gasteiger partial charge in [-0.3, -0.25) is 0 Å². The van der Waals surface area contributed by atoms with Crippen LogP contribution in [0.25, 0.3) is 0 Å². The van der Waals surface area contributed by atoms with Crippen molar-refractivity contribution in [2.45, 2.75) is 26.3 Å².